The maximum atomic E-state index is 10.9. The molecule has 0 aliphatic carbocycles. The summed E-state index contributed by atoms with van der Waals surface area (Å²) >= 11 is 1.62. The van der Waals surface area contributed by atoms with Crippen LogP contribution in [-0.2, 0) is 11.2 Å². The minimum absolute atomic E-state index is 0.369. The fourth-order valence-corrected chi connectivity index (χ4v) is 2.78. The Labute approximate surface area is 104 Å². The topological polar surface area (TPSA) is 46.5 Å². The van der Waals surface area contributed by atoms with Crippen LogP contribution in [-0.4, -0.2) is 18.2 Å². The van der Waals surface area contributed by atoms with Crippen molar-refractivity contribution in [3.63, 3.8) is 0 Å². The number of thiophene rings is 1. The van der Waals surface area contributed by atoms with Crippen molar-refractivity contribution in [1.82, 2.24) is 0 Å². The van der Waals surface area contributed by atoms with E-state index >= 15 is 0 Å². The lowest BCUT2D eigenvalue weighted by Crippen LogP contribution is -2.12. The van der Waals surface area contributed by atoms with Gasteiger partial charge in [0, 0.05) is 0 Å². The standard InChI is InChI=1S/C13H14O3S/c1-8(13(14)15)7-9-3-4-11(16-2)12-10(9)5-6-17-12/h3-6,8H,7H2,1-2H3,(H,14,15). The summed E-state index contributed by atoms with van der Waals surface area (Å²) in [5.41, 5.74) is 1.07. The van der Waals surface area contributed by atoms with Crippen LogP contribution in [0.5, 0.6) is 5.75 Å². The van der Waals surface area contributed by atoms with E-state index in [0.717, 1.165) is 21.4 Å². The molecule has 90 valence electrons. The average Bonchev–Trinajstić information content (AvgIpc) is 2.78. The third-order valence-corrected chi connectivity index (χ3v) is 3.77. The van der Waals surface area contributed by atoms with Crippen molar-refractivity contribution in [2.24, 2.45) is 5.92 Å². The third kappa shape index (κ3) is 2.26. The van der Waals surface area contributed by atoms with Crippen molar-refractivity contribution in [1.29, 1.82) is 0 Å². The SMILES string of the molecule is COc1ccc(CC(C)C(=O)O)c2ccsc12. The highest BCUT2D eigenvalue weighted by molar-refractivity contribution is 7.17. The number of hydrogen-bond acceptors (Lipinski definition) is 3. The Hall–Kier alpha value is -1.55. The Bertz CT molecular complexity index is 545. The molecular weight excluding hydrogens is 236 g/mol. The Morgan fingerprint density at radius 2 is 2.24 bits per heavy atom. The van der Waals surface area contributed by atoms with Gasteiger partial charge in [-0.05, 0) is 34.9 Å². The van der Waals surface area contributed by atoms with Crippen LogP contribution in [0.1, 0.15) is 12.5 Å². The van der Waals surface area contributed by atoms with Gasteiger partial charge in [0.2, 0.25) is 0 Å². The van der Waals surface area contributed by atoms with Crippen LogP contribution in [0.15, 0.2) is 23.6 Å². The first kappa shape index (κ1) is 11.9. The highest BCUT2D eigenvalue weighted by Crippen LogP contribution is 2.33. The molecule has 0 saturated carbocycles. The number of hydrogen-bond donors (Lipinski definition) is 1. The van der Waals surface area contributed by atoms with Gasteiger partial charge in [-0.25, -0.2) is 0 Å². The summed E-state index contributed by atoms with van der Waals surface area (Å²) in [5.74, 6) is -0.280. The van der Waals surface area contributed by atoms with E-state index in [1.54, 1.807) is 25.4 Å². The normalized spacial score (nSPS) is 12.6. The number of ether oxygens (including phenoxy) is 1. The molecule has 0 aliphatic rings. The molecule has 0 saturated heterocycles. The van der Waals surface area contributed by atoms with Crippen molar-refractivity contribution in [3.8, 4) is 5.75 Å². The van der Waals surface area contributed by atoms with Crippen molar-refractivity contribution in [2.75, 3.05) is 7.11 Å². The van der Waals surface area contributed by atoms with Gasteiger partial charge in [-0.1, -0.05) is 13.0 Å². The van der Waals surface area contributed by atoms with Gasteiger partial charge in [0.05, 0.1) is 17.7 Å². The van der Waals surface area contributed by atoms with E-state index in [0.29, 0.717) is 6.42 Å². The molecule has 0 spiro atoms. The van der Waals surface area contributed by atoms with Crippen molar-refractivity contribution in [2.45, 2.75) is 13.3 Å². The van der Waals surface area contributed by atoms with Crippen LogP contribution < -0.4 is 4.74 Å². The zero-order chi connectivity index (χ0) is 12.4. The second-order valence-corrected chi connectivity index (χ2v) is 4.95. The van der Waals surface area contributed by atoms with Crippen LogP contribution >= 0.6 is 11.3 Å². The summed E-state index contributed by atoms with van der Waals surface area (Å²) in [6.45, 7) is 1.73. The Kier molecular flexibility index (Phi) is 3.33. The van der Waals surface area contributed by atoms with Gasteiger partial charge >= 0.3 is 5.97 Å². The molecule has 0 fully saturated rings. The third-order valence-electron chi connectivity index (χ3n) is 2.84. The molecule has 0 aliphatic heterocycles. The van der Waals surface area contributed by atoms with Crippen LogP contribution in [0.4, 0.5) is 0 Å². The molecule has 2 aromatic rings. The number of carboxylic acids is 1. The summed E-state index contributed by atoms with van der Waals surface area (Å²) in [6, 6.07) is 5.88. The monoisotopic (exact) mass is 250 g/mol. The summed E-state index contributed by atoms with van der Waals surface area (Å²) in [6.07, 6.45) is 0.548. The molecule has 0 radical (unpaired) electrons. The lowest BCUT2D eigenvalue weighted by molar-refractivity contribution is -0.141. The van der Waals surface area contributed by atoms with E-state index in [1.165, 1.54) is 0 Å². The number of carbonyl (C=O) groups is 1. The quantitative estimate of drug-likeness (QED) is 0.906. The van der Waals surface area contributed by atoms with E-state index in [4.69, 9.17) is 9.84 Å². The molecule has 0 amide bonds. The van der Waals surface area contributed by atoms with Crippen molar-refractivity contribution < 1.29 is 14.6 Å². The smallest absolute Gasteiger partial charge is 0.306 e. The molecule has 4 heteroatoms. The molecule has 1 heterocycles. The lowest BCUT2D eigenvalue weighted by Gasteiger charge is -2.09. The molecule has 1 N–H and O–H groups in total. The lowest BCUT2D eigenvalue weighted by atomic mass is 9.98. The number of carboxylic acid groups (broad SMARTS) is 1. The van der Waals surface area contributed by atoms with Crippen LogP contribution in [0, 0.1) is 5.92 Å². The molecule has 1 aromatic carbocycles. The first-order chi connectivity index (χ1) is 8.13. The molecule has 3 nitrogen and oxygen atoms in total. The first-order valence-electron chi connectivity index (χ1n) is 5.39. The number of rotatable bonds is 4. The predicted molar refractivity (Wildman–Crippen MR) is 68.9 cm³/mol. The molecule has 17 heavy (non-hydrogen) atoms. The van der Waals surface area contributed by atoms with E-state index in [2.05, 4.69) is 0 Å². The van der Waals surface area contributed by atoms with Crippen LogP contribution in [0.3, 0.4) is 0 Å². The summed E-state index contributed by atoms with van der Waals surface area (Å²) in [7, 11) is 1.65. The number of benzene rings is 1. The summed E-state index contributed by atoms with van der Waals surface area (Å²) in [5, 5.41) is 12.0. The Morgan fingerprint density at radius 3 is 2.88 bits per heavy atom. The van der Waals surface area contributed by atoms with Crippen molar-refractivity contribution >= 4 is 27.4 Å². The van der Waals surface area contributed by atoms with Gasteiger partial charge in [0.1, 0.15) is 5.75 Å². The van der Waals surface area contributed by atoms with Crippen molar-refractivity contribution in [3.05, 3.63) is 29.1 Å². The number of fused-ring (bicyclic) bond motifs is 1. The highest BCUT2D eigenvalue weighted by Gasteiger charge is 2.15. The van der Waals surface area contributed by atoms with E-state index < -0.39 is 5.97 Å². The van der Waals surface area contributed by atoms with Gasteiger partial charge in [-0.15, -0.1) is 11.3 Å². The molecule has 0 bridgehead atoms. The molecule has 1 aromatic heterocycles. The van der Waals surface area contributed by atoms with Gasteiger partial charge in [-0.3, -0.25) is 4.79 Å². The van der Waals surface area contributed by atoms with Gasteiger partial charge < -0.3 is 9.84 Å². The molecule has 1 atom stereocenters. The van der Waals surface area contributed by atoms with E-state index in [1.807, 2.05) is 23.6 Å². The first-order valence-corrected chi connectivity index (χ1v) is 6.27. The van der Waals surface area contributed by atoms with E-state index in [9.17, 15) is 4.79 Å². The Morgan fingerprint density at radius 1 is 1.47 bits per heavy atom. The molecule has 1 unspecified atom stereocenters. The maximum Gasteiger partial charge on any atom is 0.306 e. The fraction of sp³-hybridized carbons (Fsp3) is 0.308. The zero-order valence-electron chi connectivity index (χ0n) is 9.77. The van der Waals surface area contributed by atoms with Gasteiger partial charge in [0.25, 0.3) is 0 Å². The Balaban J connectivity index is 2.42. The van der Waals surface area contributed by atoms with E-state index in [-0.39, 0.29) is 5.92 Å². The highest BCUT2D eigenvalue weighted by atomic mass is 32.1. The van der Waals surface area contributed by atoms with Crippen LogP contribution in [0.25, 0.3) is 10.1 Å². The minimum atomic E-state index is -0.760. The van der Waals surface area contributed by atoms with Crippen LogP contribution in [0.2, 0.25) is 0 Å². The van der Waals surface area contributed by atoms with Gasteiger partial charge in [-0.2, -0.15) is 0 Å². The summed E-state index contributed by atoms with van der Waals surface area (Å²) in [4.78, 5) is 10.9. The number of methoxy groups -OCH3 is 1. The number of aliphatic carboxylic acids is 1. The summed E-state index contributed by atoms with van der Waals surface area (Å²) < 4.78 is 6.37. The van der Waals surface area contributed by atoms with Gasteiger partial charge in [0.15, 0.2) is 0 Å². The largest absolute Gasteiger partial charge is 0.495 e. The minimum Gasteiger partial charge on any atom is -0.495 e. The fourth-order valence-electron chi connectivity index (χ4n) is 1.85. The zero-order valence-corrected chi connectivity index (χ0v) is 10.6. The second-order valence-electron chi connectivity index (χ2n) is 4.03. The average molecular weight is 250 g/mol. The maximum absolute atomic E-state index is 10.9. The second kappa shape index (κ2) is 4.75. The molecule has 2 rings (SSSR count). The molecular formula is C13H14O3S. The predicted octanol–water partition coefficient (Wildman–Crippen LogP) is 3.17.